The van der Waals surface area contributed by atoms with Crippen LogP contribution in [0.3, 0.4) is 0 Å². The lowest BCUT2D eigenvalue weighted by Crippen LogP contribution is -2.42. The van der Waals surface area contributed by atoms with Crippen molar-refractivity contribution in [2.24, 2.45) is 17.4 Å². The number of benzene rings is 2. The molecule has 2 aromatic carbocycles. The first-order chi connectivity index (χ1) is 14.0. The number of carbonyl (C=O) groups is 3. The number of amides is 3. The van der Waals surface area contributed by atoms with Gasteiger partial charge in [0.05, 0.1) is 11.3 Å². The summed E-state index contributed by atoms with van der Waals surface area (Å²) in [6, 6.07) is 15.9. The molecule has 1 heterocycles. The molecule has 0 radical (unpaired) electrons. The summed E-state index contributed by atoms with van der Waals surface area (Å²) in [7, 11) is 0. The number of likely N-dealkylation sites (tertiary alicyclic amines) is 1. The average Bonchev–Trinajstić information content (AvgIpc) is 2.74. The molecule has 160 valence electrons. The second-order valence-electron chi connectivity index (χ2n) is 7.28. The maximum atomic E-state index is 13.0. The van der Waals surface area contributed by atoms with Crippen molar-refractivity contribution in [3.8, 4) is 0 Å². The van der Waals surface area contributed by atoms with Crippen LogP contribution in [0.1, 0.15) is 41.2 Å². The highest BCUT2D eigenvalue weighted by molar-refractivity contribution is 6.04. The predicted octanol–water partition coefficient (Wildman–Crippen LogP) is 2.47. The second-order valence-corrected chi connectivity index (χ2v) is 7.28. The molecule has 0 saturated carbocycles. The third-order valence-electron chi connectivity index (χ3n) is 5.25. The molecule has 30 heavy (non-hydrogen) atoms. The number of nitrogens with two attached hydrogens (primary N) is 2. The summed E-state index contributed by atoms with van der Waals surface area (Å²) in [5.74, 6) is -0.932. The van der Waals surface area contributed by atoms with Gasteiger partial charge in [-0.2, -0.15) is 0 Å². The lowest BCUT2D eigenvalue weighted by Gasteiger charge is -2.31. The van der Waals surface area contributed by atoms with Crippen molar-refractivity contribution in [3.05, 3.63) is 65.7 Å². The number of carbonyl (C=O) groups excluding carboxylic acids is 3. The van der Waals surface area contributed by atoms with Crippen molar-refractivity contribution < 1.29 is 14.4 Å². The first kappa shape index (κ1) is 23.4. The topological polar surface area (TPSA) is 119 Å². The van der Waals surface area contributed by atoms with E-state index in [2.05, 4.69) is 5.32 Å². The molecule has 3 amide bonds. The summed E-state index contributed by atoms with van der Waals surface area (Å²) >= 11 is 0. The molecule has 5 N–H and O–H groups in total. The normalized spacial score (nSPS) is 15.0. The molecule has 1 unspecified atom stereocenters. The Labute approximate surface area is 182 Å². The van der Waals surface area contributed by atoms with Crippen molar-refractivity contribution in [2.75, 3.05) is 18.4 Å². The highest BCUT2D eigenvalue weighted by atomic mass is 35.5. The van der Waals surface area contributed by atoms with Crippen LogP contribution >= 0.6 is 12.4 Å². The van der Waals surface area contributed by atoms with Crippen LogP contribution in [0, 0.1) is 5.92 Å². The number of para-hydroxylation sites is 1. The monoisotopic (exact) mass is 430 g/mol. The maximum absolute atomic E-state index is 13.0. The minimum Gasteiger partial charge on any atom is -0.369 e. The Morgan fingerprint density at radius 2 is 1.60 bits per heavy atom. The Morgan fingerprint density at radius 1 is 1.00 bits per heavy atom. The molecule has 0 bridgehead atoms. The third-order valence-corrected chi connectivity index (χ3v) is 5.25. The molecular weight excluding hydrogens is 404 g/mol. The van der Waals surface area contributed by atoms with Gasteiger partial charge in [-0.25, -0.2) is 0 Å². The smallest absolute Gasteiger partial charge is 0.255 e. The molecule has 1 atom stereocenters. The van der Waals surface area contributed by atoms with Crippen LogP contribution in [0.5, 0.6) is 0 Å². The Bertz CT molecular complexity index is 883. The van der Waals surface area contributed by atoms with Gasteiger partial charge in [-0.05, 0) is 30.5 Å². The van der Waals surface area contributed by atoms with Gasteiger partial charge in [0.15, 0.2) is 0 Å². The van der Waals surface area contributed by atoms with Gasteiger partial charge < -0.3 is 21.7 Å². The lowest BCUT2D eigenvalue weighted by atomic mass is 9.95. The molecule has 0 aromatic heterocycles. The average molecular weight is 431 g/mol. The lowest BCUT2D eigenvalue weighted by molar-refractivity contribution is -0.123. The van der Waals surface area contributed by atoms with E-state index in [-0.39, 0.29) is 42.5 Å². The van der Waals surface area contributed by atoms with Gasteiger partial charge in [-0.15, -0.1) is 12.4 Å². The Hall–Kier alpha value is -2.90. The van der Waals surface area contributed by atoms with Gasteiger partial charge in [0.2, 0.25) is 11.8 Å². The molecule has 2 aromatic rings. The Kier molecular flexibility index (Phi) is 8.38. The standard InChI is InChI=1S/C22H26N4O3.ClH/c23-18(15-6-2-1-3-7-15)14-20(27)25-19-9-5-4-8-17(19)22(29)26-12-10-16(11-13-26)21(24)28;/h1-9,16,18H,10-14,23H2,(H2,24,28)(H,25,27);1H. The van der Waals surface area contributed by atoms with E-state index in [0.29, 0.717) is 37.2 Å². The summed E-state index contributed by atoms with van der Waals surface area (Å²) in [6.07, 6.45) is 1.22. The van der Waals surface area contributed by atoms with Crippen molar-refractivity contribution in [1.82, 2.24) is 4.90 Å². The summed E-state index contributed by atoms with van der Waals surface area (Å²) in [5.41, 5.74) is 13.2. The van der Waals surface area contributed by atoms with E-state index in [1.54, 1.807) is 29.2 Å². The molecule has 1 fully saturated rings. The quantitative estimate of drug-likeness (QED) is 0.652. The number of rotatable bonds is 6. The first-order valence-electron chi connectivity index (χ1n) is 9.73. The van der Waals surface area contributed by atoms with Crippen molar-refractivity contribution in [2.45, 2.75) is 25.3 Å². The number of anilines is 1. The fraction of sp³-hybridized carbons (Fsp3) is 0.318. The van der Waals surface area contributed by atoms with E-state index < -0.39 is 6.04 Å². The molecule has 1 saturated heterocycles. The van der Waals surface area contributed by atoms with Crippen molar-refractivity contribution >= 4 is 35.8 Å². The summed E-state index contributed by atoms with van der Waals surface area (Å²) in [5, 5.41) is 2.82. The van der Waals surface area contributed by atoms with Crippen LogP contribution in [0.4, 0.5) is 5.69 Å². The Morgan fingerprint density at radius 3 is 2.23 bits per heavy atom. The van der Waals surface area contributed by atoms with Gasteiger partial charge >= 0.3 is 0 Å². The van der Waals surface area contributed by atoms with Gasteiger partial charge in [-0.3, -0.25) is 14.4 Å². The van der Waals surface area contributed by atoms with E-state index in [4.69, 9.17) is 11.5 Å². The number of hydrogen-bond donors (Lipinski definition) is 3. The van der Waals surface area contributed by atoms with Crippen molar-refractivity contribution in [3.63, 3.8) is 0 Å². The maximum Gasteiger partial charge on any atom is 0.255 e. The minimum absolute atomic E-state index is 0. The summed E-state index contributed by atoms with van der Waals surface area (Å²) < 4.78 is 0. The fourth-order valence-corrected chi connectivity index (χ4v) is 3.54. The summed E-state index contributed by atoms with van der Waals surface area (Å²) in [6.45, 7) is 0.932. The van der Waals surface area contributed by atoms with Crippen LogP contribution in [-0.4, -0.2) is 35.7 Å². The van der Waals surface area contributed by atoms with Gasteiger partial charge in [0.1, 0.15) is 0 Å². The SMILES string of the molecule is Cl.NC(=O)C1CCN(C(=O)c2ccccc2NC(=O)CC(N)c2ccccc2)CC1. The van der Waals surface area contributed by atoms with Crippen LogP contribution in [0.25, 0.3) is 0 Å². The highest BCUT2D eigenvalue weighted by Crippen LogP contribution is 2.23. The third kappa shape index (κ3) is 5.81. The van der Waals surface area contributed by atoms with E-state index in [1.165, 1.54) is 0 Å². The molecule has 0 spiro atoms. The molecule has 1 aliphatic heterocycles. The van der Waals surface area contributed by atoms with Gasteiger partial charge in [0.25, 0.3) is 5.91 Å². The largest absolute Gasteiger partial charge is 0.369 e. The van der Waals surface area contributed by atoms with E-state index in [0.717, 1.165) is 5.56 Å². The molecule has 7 nitrogen and oxygen atoms in total. The molecule has 8 heteroatoms. The van der Waals surface area contributed by atoms with Gasteiger partial charge in [-0.1, -0.05) is 42.5 Å². The van der Waals surface area contributed by atoms with Crippen LogP contribution in [0.2, 0.25) is 0 Å². The van der Waals surface area contributed by atoms with Gasteiger partial charge in [0, 0.05) is 31.5 Å². The highest BCUT2D eigenvalue weighted by Gasteiger charge is 2.27. The predicted molar refractivity (Wildman–Crippen MR) is 118 cm³/mol. The Balaban J connectivity index is 0.00000320. The number of piperidine rings is 1. The van der Waals surface area contributed by atoms with Crippen LogP contribution < -0.4 is 16.8 Å². The fourth-order valence-electron chi connectivity index (χ4n) is 3.54. The number of primary amides is 1. The van der Waals surface area contributed by atoms with E-state index >= 15 is 0 Å². The molecule has 1 aliphatic rings. The zero-order valence-corrected chi connectivity index (χ0v) is 17.4. The van der Waals surface area contributed by atoms with E-state index in [9.17, 15) is 14.4 Å². The number of nitrogens with zero attached hydrogens (tertiary/aromatic N) is 1. The minimum atomic E-state index is -0.424. The number of hydrogen-bond acceptors (Lipinski definition) is 4. The zero-order chi connectivity index (χ0) is 20.8. The summed E-state index contributed by atoms with van der Waals surface area (Å²) in [4.78, 5) is 38.5. The number of halogens is 1. The number of nitrogens with one attached hydrogen (secondary N) is 1. The van der Waals surface area contributed by atoms with Crippen molar-refractivity contribution in [1.29, 1.82) is 0 Å². The molecular formula is C22H27ClN4O3. The molecule has 3 rings (SSSR count). The first-order valence-corrected chi connectivity index (χ1v) is 9.73. The molecule has 0 aliphatic carbocycles. The van der Waals surface area contributed by atoms with Crippen LogP contribution in [-0.2, 0) is 9.59 Å². The second kappa shape index (κ2) is 10.8. The van der Waals surface area contributed by atoms with E-state index in [1.807, 2.05) is 30.3 Å². The zero-order valence-electron chi connectivity index (χ0n) is 16.6. The van der Waals surface area contributed by atoms with Crippen LogP contribution in [0.15, 0.2) is 54.6 Å².